The summed E-state index contributed by atoms with van der Waals surface area (Å²) in [7, 11) is 0. The van der Waals surface area contributed by atoms with Crippen molar-refractivity contribution in [1.29, 1.82) is 0 Å². The van der Waals surface area contributed by atoms with Gasteiger partial charge in [-0.05, 0) is 43.5 Å². The molecular weight excluding hydrogens is 388 g/mol. The average Bonchev–Trinajstić information content (AvgIpc) is 3.28. The summed E-state index contributed by atoms with van der Waals surface area (Å²) >= 11 is 7.48. The van der Waals surface area contributed by atoms with Gasteiger partial charge in [-0.1, -0.05) is 22.8 Å². The predicted molar refractivity (Wildman–Crippen MR) is 103 cm³/mol. The molecule has 7 nitrogen and oxygen atoms in total. The molecule has 2 amide bonds. The summed E-state index contributed by atoms with van der Waals surface area (Å²) in [6.07, 6.45) is 0. The van der Waals surface area contributed by atoms with Gasteiger partial charge in [0.25, 0.3) is 11.8 Å². The Morgan fingerprint density at radius 1 is 1.22 bits per heavy atom. The molecule has 0 bridgehead atoms. The third-order valence-electron chi connectivity index (χ3n) is 3.73. The summed E-state index contributed by atoms with van der Waals surface area (Å²) in [5.41, 5.74) is -0.139. The Morgan fingerprint density at radius 3 is 2.63 bits per heavy atom. The SMILES string of the molecule is Cc1nc(C(C)(C)NC(=O)c2ccc(Cl)c(NC(=O)c3cccs3)c2)no1. The zero-order valence-corrected chi connectivity index (χ0v) is 16.4. The van der Waals surface area contributed by atoms with E-state index in [9.17, 15) is 9.59 Å². The summed E-state index contributed by atoms with van der Waals surface area (Å²) in [5, 5.41) is 11.6. The molecule has 0 saturated carbocycles. The molecule has 2 N–H and O–H groups in total. The molecule has 3 aromatic rings. The molecular formula is C18H17ClN4O3S. The van der Waals surface area contributed by atoms with E-state index in [0.29, 0.717) is 32.9 Å². The van der Waals surface area contributed by atoms with Crippen molar-refractivity contribution in [3.63, 3.8) is 0 Å². The highest BCUT2D eigenvalue weighted by molar-refractivity contribution is 7.12. The van der Waals surface area contributed by atoms with Crippen molar-refractivity contribution >= 4 is 40.4 Å². The monoisotopic (exact) mass is 404 g/mol. The number of benzene rings is 1. The quantitative estimate of drug-likeness (QED) is 0.669. The number of carbonyl (C=O) groups excluding carboxylic acids is 2. The van der Waals surface area contributed by atoms with Crippen LogP contribution in [0.25, 0.3) is 0 Å². The highest BCUT2D eigenvalue weighted by Crippen LogP contribution is 2.25. The smallest absolute Gasteiger partial charge is 0.265 e. The van der Waals surface area contributed by atoms with E-state index in [1.54, 1.807) is 45.0 Å². The highest BCUT2D eigenvalue weighted by Gasteiger charge is 2.29. The lowest BCUT2D eigenvalue weighted by atomic mass is 10.0. The Balaban J connectivity index is 1.78. The molecule has 0 aliphatic heterocycles. The number of halogens is 1. The van der Waals surface area contributed by atoms with Crippen LogP contribution in [0.15, 0.2) is 40.2 Å². The van der Waals surface area contributed by atoms with Gasteiger partial charge in [0.2, 0.25) is 5.89 Å². The van der Waals surface area contributed by atoms with Gasteiger partial charge < -0.3 is 15.2 Å². The minimum atomic E-state index is -0.838. The molecule has 140 valence electrons. The fraction of sp³-hybridized carbons (Fsp3) is 0.222. The van der Waals surface area contributed by atoms with Crippen LogP contribution >= 0.6 is 22.9 Å². The van der Waals surface area contributed by atoms with Crippen molar-refractivity contribution in [2.75, 3.05) is 5.32 Å². The van der Waals surface area contributed by atoms with Crippen LogP contribution in [0, 0.1) is 6.92 Å². The number of amides is 2. The van der Waals surface area contributed by atoms with E-state index in [2.05, 4.69) is 20.8 Å². The lowest BCUT2D eigenvalue weighted by Crippen LogP contribution is -2.41. The summed E-state index contributed by atoms with van der Waals surface area (Å²) < 4.78 is 4.98. The lowest BCUT2D eigenvalue weighted by Gasteiger charge is -2.22. The number of rotatable bonds is 5. The molecule has 3 rings (SSSR count). The Bertz CT molecular complexity index is 982. The van der Waals surface area contributed by atoms with Crippen LogP contribution in [0.4, 0.5) is 5.69 Å². The number of nitrogens with one attached hydrogen (secondary N) is 2. The van der Waals surface area contributed by atoms with Crippen molar-refractivity contribution in [2.45, 2.75) is 26.3 Å². The first kappa shape index (κ1) is 19.1. The van der Waals surface area contributed by atoms with Crippen LogP contribution in [-0.4, -0.2) is 22.0 Å². The first-order valence-electron chi connectivity index (χ1n) is 8.04. The number of aromatic nitrogens is 2. The van der Waals surface area contributed by atoms with Crippen LogP contribution in [-0.2, 0) is 5.54 Å². The minimum absolute atomic E-state index is 0.285. The minimum Gasteiger partial charge on any atom is -0.340 e. The van der Waals surface area contributed by atoms with Crippen LogP contribution in [0.2, 0.25) is 5.02 Å². The zero-order chi connectivity index (χ0) is 19.6. The van der Waals surface area contributed by atoms with Gasteiger partial charge in [-0.15, -0.1) is 11.3 Å². The van der Waals surface area contributed by atoms with Crippen molar-refractivity contribution < 1.29 is 14.1 Å². The van der Waals surface area contributed by atoms with E-state index in [1.165, 1.54) is 17.4 Å². The van der Waals surface area contributed by atoms with Gasteiger partial charge in [-0.25, -0.2) is 0 Å². The standard InChI is InChI=1S/C18H17ClN4O3S/c1-10-20-17(23-26-10)18(2,3)22-15(24)11-6-7-12(19)13(9-11)21-16(25)14-5-4-8-27-14/h4-9H,1-3H3,(H,21,25)(H,22,24). The fourth-order valence-electron chi connectivity index (χ4n) is 2.32. The van der Waals surface area contributed by atoms with Gasteiger partial charge in [0.1, 0.15) is 0 Å². The van der Waals surface area contributed by atoms with Gasteiger partial charge in [0, 0.05) is 12.5 Å². The normalized spacial score (nSPS) is 11.3. The summed E-state index contributed by atoms with van der Waals surface area (Å²) in [6.45, 7) is 5.21. The molecule has 0 unspecified atom stereocenters. The first-order valence-corrected chi connectivity index (χ1v) is 9.30. The molecule has 2 heterocycles. The molecule has 0 fully saturated rings. The Morgan fingerprint density at radius 2 is 2.00 bits per heavy atom. The fourth-order valence-corrected chi connectivity index (χ4v) is 3.10. The summed E-state index contributed by atoms with van der Waals surface area (Å²) in [4.78, 5) is 29.6. The van der Waals surface area contributed by atoms with E-state index in [1.807, 2.05) is 5.38 Å². The lowest BCUT2D eigenvalue weighted by molar-refractivity contribution is 0.0906. The summed E-state index contributed by atoms with van der Waals surface area (Å²) in [6, 6.07) is 8.16. The van der Waals surface area contributed by atoms with E-state index in [4.69, 9.17) is 16.1 Å². The number of nitrogens with zero attached hydrogens (tertiary/aromatic N) is 2. The summed E-state index contributed by atoms with van der Waals surface area (Å²) in [5.74, 6) is 0.142. The second-order valence-electron chi connectivity index (χ2n) is 6.34. The second kappa shape index (κ2) is 7.50. The maximum absolute atomic E-state index is 12.7. The number of aryl methyl sites for hydroxylation is 1. The van der Waals surface area contributed by atoms with Crippen molar-refractivity contribution in [3.8, 4) is 0 Å². The van der Waals surface area contributed by atoms with E-state index >= 15 is 0 Å². The molecule has 9 heteroatoms. The van der Waals surface area contributed by atoms with E-state index in [0.717, 1.165) is 0 Å². The number of carbonyl (C=O) groups is 2. The number of thiophene rings is 1. The predicted octanol–water partition coefficient (Wildman–Crippen LogP) is 4.01. The molecule has 27 heavy (non-hydrogen) atoms. The van der Waals surface area contributed by atoms with Crippen LogP contribution in [0.5, 0.6) is 0 Å². The number of hydrogen-bond donors (Lipinski definition) is 2. The highest BCUT2D eigenvalue weighted by atomic mass is 35.5. The van der Waals surface area contributed by atoms with Crippen LogP contribution < -0.4 is 10.6 Å². The number of hydrogen-bond acceptors (Lipinski definition) is 6. The molecule has 0 aliphatic carbocycles. The van der Waals surface area contributed by atoms with E-state index in [-0.39, 0.29) is 11.8 Å². The van der Waals surface area contributed by atoms with Crippen molar-refractivity contribution in [3.05, 3.63) is 62.9 Å². The molecule has 0 aliphatic rings. The first-order chi connectivity index (χ1) is 12.8. The van der Waals surface area contributed by atoms with Gasteiger partial charge >= 0.3 is 0 Å². The maximum atomic E-state index is 12.7. The molecule has 0 saturated heterocycles. The Hall–Kier alpha value is -2.71. The maximum Gasteiger partial charge on any atom is 0.265 e. The molecule has 0 radical (unpaired) electrons. The van der Waals surface area contributed by atoms with Gasteiger partial charge in [0.05, 0.1) is 21.1 Å². The average molecular weight is 405 g/mol. The van der Waals surface area contributed by atoms with Crippen molar-refractivity contribution in [2.24, 2.45) is 0 Å². The molecule has 2 aromatic heterocycles. The Labute approximate surface area is 164 Å². The Kier molecular flexibility index (Phi) is 5.29. The van der Waals surface area contributed by atoms with E-state index < -0.39 is 5.54 Å². The third-order valence-corrected chi connectivity index (χ3v) is 4.93. The van der Waals surface area contributed by atoms with Gasteiger partial charge in [-0.3, -0.25) is 9.59 Å². The van der Waals surface area contributed by atoms with Crippen molar-refractivity contribution in [1.82, 2.24) is 15.5 Å². The third kappa shape index (κ3) is 4.35. The topological polar surface area (TPSA) is 97.1 Å². The van der Waals surface area contributed by atoms with Crippen LogP contribution in [0.3, 0.4) is 0 Å². The second-order valence-corrected chi connectivity index (χ2v) is 7.70. The number of anilines is 1. The van der Waals surface area contributed by atoms with Gasteiger partial charge in [0.15, 0.2) is 5.82 Å². The van der Waals surface area contributed by atoms with Crippen LogP contribution in [0.1, 0.15) is 45.6 Å². The van der Waals surface area contributed by atoms with Gasteiger partial charge in [-0.2, -0.15) is 4.98 Å². The molecule has 0 spiro atoms. The molecule has 0 atom stereocenters. The largest absolute Gasteiger partial charge is 0.340 e. The zero-order valence-electron chi connectivity index (χ0n) is 14.9. The molecule has 1 aromatic carbocycles.